The SMILES string of the molecule is Cc1ncc(Oc2ccc(CC(=O)O)cc2)c(C)n1. The molecule has 0 saturated carbocycles. The van der Waals surface area contributed by atoms with Crippen LogP contribution in [0.15, 0.2) is 30.5 Å². The Morgan fingerprint density at radius 3 is 2.53 bits per heavy atom. The number of ether oxygens (including phenoxy) is 1. The van der Waals surface area contributed by atoms with Gasteiger partial charge in [-0.25, -0.2) is 9.97 Å². The predicted molar refractivity (Wildman–Crippen MR) is 69.4 cm³/mol. The molecule has 1 aromatic heterocycles. The van der Waals surface area contributed by atoms with E-state index in [9.17, 15) is 4.79 Å². The fraction of sp³-hybridized carbons (Fsp3) is 0.214. The van der Waals surface area contributed by atoms with Crippen LogP contribution in [-0.2, 0) is 11.2 Å². The summed E-state index contributed by atoms with van der Waals surface area (Å²) in [6.07, 6.45) is 1.63. The smallest absolute Gasteiger partial charge is 0.307 e. The molecule has 0 spiro atoms. The van der Waals surface area contributed by atoms with Crippen LogP contribution in [0.4, 0.5) is 0 Å². The first-order chi connectivity index (χ1) is 9.04. The van der Waals surface area contributed by atoms with Gasteiger partial charge in [0.15, 0.2) is 5.75 Å². The third-order valence-electron chi connectivity index (χ3n) is 2.56. The number of hydrogen-bond acceptors (Lipinski definition) is 4. The van der Waals surface area contributed by atoms with Gasteiger partial charge in [0, 0.05) is 0 Å². The number of aromatic nitrogens is 2. The number of rotatable bonds is 4. The first-order valence-corrected chi connectivity index (χ1v) is 5.83. The molecule has 5 heteroatoms. The van der Waals surface area contributed by atoms with Crippen LogP contribution in [0.25, 0.3) is 0 Å². The summed E-state index contributed by atoms with van der Waals surface area (Å²) in [5.74, 6) is 1.07. The minimum Gasteiger partial charge on any atom is -0.481 e. The van der Waals surface area contributed by atoms with Crippen molar-refractivity contribution in [3.05, 3.63) is 47.5 Å². The lowest BCUT2D eigenvalue weighted by Crippen LogP contribution is -1.99. The predicted octanol–water partition coefficient (Wildman–Crippen LogP) is 2.51. The van der Waals surface area contributed by atoms with Crippen molar-refractivity contribution in [2.75, 3.05) is 0 Å². The van der Waals surface area contributed by atoms with Crippen molar-refractivity contribution < 1.29 is 14.6 Å². The summed E-state index contributed by atoms with van der Waals surface area (Å²) in [6.45, 7) is 3.67. The lowest BCUT2D eigenvalue weighted by Gasteiger charge is -2.08. The summed E-state index contributed by atoms with van der Waals surface area (Å²) in [7, 11) is 0. The Bertz CT molecular complexity index is 594. The molecule has 1 heterocycles. The van der Waals surface area contributed by atoms with Gasteiger partial charge in [-0.15, -0.1) is 0 Å². The maximum atomic E-state index is 10.6. The molecule has 0 aliphatic heterocycles. The Hall–Kier alpha value is -2.43. The normalized spacial score (nSPS) is 10.2. The van der Waals surface area contributed by atoms with Gasteiger partial charge in [-0.1, -0.05) is 12.1 Å². The molecular weight excluding hydrogens is 244 g/mol. The van der Waals surface area contributed by atoms with Crippen LogP contribution in [0.5, 0.6) is 11.5 Å². The van der Waals surface area contributed by atoms with Gasteiger partial charge >= 0.3 is 5.97 Å². The van der Waals surface area contributed by atoms with Crippen LogP contribution < -0.4 is 4.74 Å². The molecule has 2 rings (SSSR count). The lowest BCUT2D eigenvalue weighted by atomic mass is 10.1. The number of nitrogens with zero attached hydrogens (tertiary/aromatic N) is 2. The monoisotopic (exact) mass is 258 g/mol. The lowest BCUT2D eigenvalue weighted by molar-refractivity contribution is -0.136. The molecule has 0 bridgehead atoms. The van der Waals surface area contributed by atoms with Gasteiger partial charge in [-0.2, -0.15) is 0 Å². The molecule has 1 N–H and O–H groups in total. The molecule has 0 radical (unpaired) electrons. The Labute approximate surface area is 110 Å². The number of aliphatic carboxylic acids is 1. The quantitative estimate of drug-likeness (QED) is 0.912. The third-order valence-corrected chi connectivity index (χ3v) is 2.56. The van der Waals surface area contributed by atoms with E-state index in [0.29, 0.717) is 17.3 Å². The number of carboxylic acids is 1. The van der Waals surface area contributed by atoms with Crippen molar-refractivity contribution in [1.82, 2.24) is 9.97 Å². The highest BCUT2D eigenvalue weighted by atomic mass is 16.5. The summed E-state index contributed by atoms with van der Waals surface area (Å²) >= 11 is 0. The van der Waals surface area contributed by atoms with Gasteiger partial charge in [0.1, 0.15) is 11.6 Å². The average molecular weight is 258 g/mol. The molecule has 0 unspecified atom stereocenters. The molecule has 5 nitrogen and oxygen atoms in total. The van der Waals surface area contributed by atoms with E-state index in [1.807, 2.05) is 13.8 Å². The second-order valence-electron chi connectivity index (χ2n) is 4.18. The topological polar surface area (TPSA) is 72.3 Å². The standard InChI is InChI=1S/C14H14N2O3/c1-9-13(8-15-10(2)16-9)19-12-5-3-11(4-6-12)7-14(17)18/h3-6,8H,7H2,1-2H3,(H,17,18). The zero-order valence-electron chi connectivity index (χ0n) is 10.8. The molecule has 0 amide bonds. The van der Waals surface area contributed by atoms with Crippen molar-refractivity contribution in [3.8, 4) is 11.5 Å². The molecular formula is C14H14N2O3. The third kappa shape index (κ3) is 3.51. The maximum absolute atomic E-state index is 10.6. The Morgan fingerprint density at radius 2 is 1.95 bits per heavy atom. The van der Waals surface area contributed by atoms with Gasteiger partial charge in [-0.3, -0.25) is 4.79 Å². The maximum Gasteiger partial charge on any atom is 0.307 e. The summed E-state index contributed by atoms with van der Waals surface area (Å²) in [4.78, 5) is 18.9. The van der Waals surface area contributed by atoms with E-state index in [1.54, 1.807) is 30.5 Å². The van der Waals surface area contributed by atoms with E-state index in [-0.39, 0.29) is 6.42 Å². The fourth-order valence-corrected chi connectivity index (χ4v) is 1.65. The van der Waals surface area contributed by atoms with Crippen LogP contribution in [0, 0.1) is 13.8 Å². The van der Waals surface area contributed by atoms with Crippen molar-refractivity contribution in [2.45, 2.75) is 20.3 Å². The van der Waals surface area contributed by atoms with Crippen LogP contribution in [0.1, 0.15) is 17.1 Å². The second-order valence-corrected chi connectivity index (χ2v) is 4.18. The highest BCUT2D eigenvalue weighted by molar-refractivity contribution is 5.70. The molecule has 0 aliphatic rings. The van der Waals surface area contributed by atoms with Crippen molar-refractivity contribution in [1.29, 1.82) is 0 Å². The Balaban J connectivity index is 2.13. The molecule has 0 atom stereocenters. The molecule has 98 valence electrons. The first kappa shape index (κ1) is 13.0. The zero-order valence-corrected chi connectivity index (χ0v) is 10.8. The van der Waals surface area contributed by atoms with E-state index >= 15 is 0 Å². The highest BCUT2D eigenvalue weighted by Gasteiger charge is 2.05. The second kappa shape index (κ2) is 5.48. The summed E-state index contributed by atoms with van der Waals surface area (Å²) in [5.41, 5.74) is 1.50. The highest BCUT2D eigenvalue weighted by Crippen LogP contribution is 2.23. The van der Waals surface area contributed by atoms with Crippen LogP contribution >= 0.6 is 0 Å². The number of carbonyl (C=O) groups is 1. The van der Waals surface area contributed by atoms with Gasteiger partial charge in [0.25, 0.3) is 0 Å². The van der Waals surface area contributed by atoms with Gasteiger partial charge < -0.3 is 9.84 Å². The zero-order chi connectivity index (χ0) is 13.8. The van der Waals surface area contributed by atoms with E-state index in [0.717, 1.165) is 11.3 Å². The number of hydrogen-bond donors (Lipinski definition) is 1. The van der Waals surface area contributed by atoms with E-state index < -0.39 is 5.97 Å². The summed E-state index contributed by atoms with van der Waals surface area (Å²) in [5, 5.41) is 8.69. The molecule has 0 saturated heterocycles. The van der Waals surface area contributed by atoms with E-state index in [1.165, 1.54) is 0 Å². The minimum atomic E-state index is -0.851. The molecule has 0 aliphatic carbocycles. The van der Waals surface area contributed by atoms with Crippen LogP contribution in [0.2, 0.25) is 0 Å². The Kier molecular flexibility index (Phi) is 3.75. The molecule has 2 aromatic rings. The van der Waals surface area contributed by atoms with Gasteiger partial charge in [0.2, 0.25) is 0 Å². The number of aryl methyl sites for hydroxylation is 2. The first-order valence-electron chi connectivity index (χ1n) is 5.83. The van der Waals surface area contributed by atoms with Crippen molar-refractivity contribution in [3.63, 3.8) is 0 Å². The number of benzene rings is 1. The Morgan fingerprint density at radius 1 is 1.26 bits per heavy atom. The van der Waals surface area contributed by atoms with E-state index in [2.05, 4.69) is 9.97 Å². The van der Waals surface area contributed by atoms with Gasteiger partial charge in [0.05, 0.1) is 18.3 Å². The minimum absolute atomic E-state index is 0.00690. The molecule has 0 fully saturated rings. The average Bonchev–Trinajstić information content (AvgIpc) is 2.34. The van der Waals surface area contributed by atoms with Crippen molar-refractivity contribution >= 4 is 5.97 Å². The van der Waals surface area contributed by atoms with Crippen LogP contribution in [-0.4, -0.2) is 21.0 Å². The molecule has 1 aromatic carbocycles. The van der Waals surface area contributed by atoms with E-state index in [4.69, 9.17) is 9.84 Å². The summed E-state index contributed by atoms with van der Waals surface area (Å²) < 4.78 is 5.65. The largest absolute Gasteiger partial charge is 0.481 e. The summed E-state index contributed by atoms with van der Waals surface area (Å²) in [6, 6.07) is 6.93. The van der Waals surface area contributed by atoms with Crippen molar-refractivity contribution in [2.24, 2.45) is 0 Å². The van der Waals surface area contributed by atoms with Gasteiger partial charge in [-0.05, 0) is 31.5 Å². The molecule has 19 heavy (non-hydrogen) atoms. The fourth-order valence-electron chi connectivity index (χ4n) is 1.65. The number of carboxylic acid groups (broad SMARTS) is 1. The van der Waals surface area contributed by atoms with Crippen LogP contribution in [0.3, 0.4) is 0 Å².